The van der Waals surface area contributed by atoms with Crippen molar-refractivity contribution in [1.82, 2.24) is 0 Å². The number of ether oxygens (including phenoxy) is 1. The molecule has 1 aromatic heterocycles. The lowest BCUT2D eigenvalue weighted by molar-refractivity contribution is 0.0747. The summed E-state index contributed by atoms with van der Waals surface area (Å²) < 4.78 is 8.29. The molecule has 0 bridgehead atoms. The highest BCUT2D eigenvalue weighted by molar-refractivity contribution is 6.49. The zero-order valence-electron chi connectivity index (χ0n) is 12.4. The van der Waals surface area contributed by atoms with E-state index >= 15 is 0 Å². The number of halogens is 2. The maximum atomic E-state index is 12.0. The number of phenolic OH excluding ortho intramolecular Hbond substituents is 1. The molecular formula is C15H16Cl2O6. The van der Waals surface area contributed by atoms with E-state index < -0.39 is 22.2 Å². The molecule has 3 N–H and O–H groups in total. The second-order valence-corrected chi connectivity index (χ2v) is 6.63. The highest BCUT2D eigenvalue weighted by Gasteiger charge is 2.39. The summed E-state index contributed by atoms with van der Waals surface area (Å²) >= 11 is 11.8. The van der Waals surface area contributed by atoms with Crippen LogP contribution in [0.4, 0.5) is 0 Å². The Morgan fingerprint density at radius 2 is 1.96 bits per heavy atom. The molecule has 0 aliphatic rings. The van der Waals surface area contributed by atoms with Gasteiger partial charge in [-0.2, -0.15) is 0 Å². The van der Waals surface area contributed by atoms with Gasteiger partial charge in [-0.3, -0.25) is 0 Å². The van der Waals surface area contributed by atoms with E-state index in [1.807, 2.05) is 0 Å². The Morgan fingerprint density at radius 3 is 2.52 bits per heavy atom. The quantitative estimate of drug-likeness (QED) is 0.703. The summed E-state index contributed by atoms with van der Waals surface area (Å²) in [6.45, 7) is 1.34. The molecule has 0 spiro atoms. The second-order valence-electron chi connectivity index (χ2n) is 5.18. The van der Waals surface area contributed by atoms with Gasteiger partial charge in [0.1, 0.15) is 22.6 Å². The van der Waals surface area contributed by atoms with Crippen LogP contribution < -0.4 is 10.4 Å². The van der Waals surface area contributed by atoms with Crippen LogP contribution in [0.2, 0.25) is 0 Å². The molecule has 2 rings (SSSR count). The van der Waals surface area contributed by atoms with Crippen molar-refractivity contribution in [3.63, 3.8) is 0 Å². The van der Waals surface area contributed by atoms with Crippen LogP contribution in [-0.4, -0.2) is 39.0 Å². The van der Waals surface area contributed by atoms with Gasteiger partial charge in [-0.15, -0.1) is 0 Å². The molecule has 0 amide bonds. The number of hydrogen-bond donors (Lipinski definition) is 3. The van der Waals surface area contributed by atoms with E-state index in [4.69, 9.17) is 32.4 Å². The van der Waals surface area contributed by atoms with Crippen LogP contribution in [0, 0.1) is 0 Å². The minimum absolute atomic E-state index is 0.00239. The van der Waals surface area contributed by atoms with E-state index in [0.717, 1.165) is 0 Å². The topological polar surface area (TPSA) is 100 Å². The molecule has 0 saturated carbocycles. The molecule has 0 saturated heterocycles. The largest absolute Gasteiger partial charge is 0.507 e. The predicted molar refractivity (Wildman–Crippen MR) is 86.5 cm³/mol. The summed E-state index contributed by atoms with van der Waals surface area (Å²) in [6.07, 6.45) is -2.76. The van der Waals surface area contributed by atoms with Crippen molar-refractivity contribution < 1.29 is 24.5 Å². The number of aliphatic hydroxyl groups is 2. The number of fused-ring (bicyclic) bond motifs is 1. The summed E-state index contributed by atoms with van der Waals surface area (Å²) in [6, 6.07) is 4.31. The summed E-state index contributed by atoms with van der Waals surface area (Å²) in [5.74, 6) is 0.197. The molecule has 1 aromatic carbocycles. The Labute approximate surface area is 141 Å². The van der Waals surface area contributed by atoms with Gasteiger partial charge in [0.25, 0.3) is 0 Å². The third-order valence-electron chi connectivity index (χ3n) is 3.50. The molecule has 0 radical (unpaired) electrons. The molecule has 2 aromatic rings. The van der Waals surface area contributed by atoms with Crippen LogP contribution in [0.15, 0.2) is 27.4 Å². The average Bonchev–Trinajstić information content (AvgIpc) is 2.45. The summed E-state index contributed by atoms with van der Waals surface area (Å²) in [5.41, 5.74) is -0.767. The highest BCUT2D eigenvalue weighted by atomic mass is 35.5. The molecule has 8 heteroatoms. The van der Waals surface area contributed by atoms with Crippen molar-refractivity contribution in [2.24, 2.45) is 0 Å². The zero-order valence-corrected chi connectivity index (χ0v) is 13.9. The van der Waals surface area contributed by atoms with Crippen LogP contribution >= 0.6 is 23.2 Å². The molecule has 2 unspecified atom stereocenters. The van der Waals surface area contributed by atoms with Gasteiger partial charge in [0, 0.05) is 12.5 Å². The van der Waals surface area contributed by atoms with Gasteiger partial charge in [0.15, 0.2) is 4.33 Å². The molecule has 6 nitrogen and oxygen atoms in total. The standard InChI is InChI=1S/C15H16Cl2O6/c1-7(18)15(16,17)12(20)6-10-4-8-3-9(22-2)5-11(19)13(8)14(21)23-10/h3-5,7,12,18-20H,6H2,1-2H3. The fourth-order valence-corrected chi connectivity index (χ4v) is 2.31. The lowest BCUT2D eigenvalue weighted by Crippen LogP contribution is -2.42. The van der Waals surface area contributed by atoms with Crippen molar-refractivity contribution in [2.75, 3.05) is 7.11 Å². The number of aliphatic hydroxyl groups excluding tert-OH is 2. The van der Waals surface area contributed by atoms with Gasteiger partial charge >= 0.3 is 5.63 Å². The van der Waals surface area contributed by atoms with Gasteiger partial charge in [-0.25, -0.2) is 4.79 Å². The van der Waals surface area contributed by atoms with E-state index in [2.05, 4.69) is 0 Å². The van der Waals surface area contributed by atoms with Crippen LogP contribution in [0.3, 0.4) is 0 Å². The van der Waals surface area contributed by atoms with Gasteiger partial charge in [-0.1, -0.05) is 23.2 Å². The molecule has 0 aliphatic heterocycles. The molecular weight excluding hydrogens is 347 g/mol. The zero-order chi connectivity index (χ0) is 17.4. The first-order valence-electron chi connectivity index (χ1n) is 6.74. The first-order valence-corrected chi connectivity index (χ1v) is 7.50. The molecule has 0 fully saturated rings. The Balaban J connectivity index is 2.45. The van der Waals surface area contributed by atoms with Gasteiger partial charge in [-0.05, 0) is 24.4 Å². The van der Waals surface area contributed by atoms with Crippen molar-refractivity contribution >= 4 is 34.0 Å². The van der Waals surface area contributed by atoms with E-state index in [9.17, 15) is 20.1 Å². The van der Waals surface area contributed by atoms with Crippen LogP contribution in [0.5, 0.6) is 11.5 Å². The van der Waals surface area contributed by atoms with E-state index in [1.165, 1.54) is 26.2 Å². The fourth-order valence-electron chi connectivity index (χ4n) is 2.15. The number of phenols is 1. The molecule has 2 atom stereocenters. The first-order chi connectivity index (χ1) is 10.7. The van der Waals surface area contributed by atoms with Crippen LogP contribution in [-0.2, 0) is 6.42 Å². The van der Waals surface area contributed by atoms with Crippen molar-refractivity contribution in [2.45, 2.75) is 29.9 Å². The molecule has 0 aliphatic carbocycles. The number of benzene rings is 1. The monoisotopic (exact) mass is 362 g/mol. The molecule has 1 heterocycles. The average molecular weight is 363 g/mol. The van der Waals surface area contributed by atoms with Crippen LogP contribution in [0.1, 0.15) is 12.7 Å². The van der Waals surface area contributed by atoms with Crippen molar-refractivity contribution in [3.05, 3.63) is 34.4 Å². The number of hydrogen-bond acceptors (Lipinski definition) is 6. The van der Waals surface area contributed by atoms with Gasteiger partial charge < -0.3 is 24.5 Å². The minimum Gasteiger partial charge on any atom is -0.507 e. The Bertz CT molecular complexity index is 768. The first kappa shape index (κ1) is 17.9. The fraction of sp³-hybridized carbons (Fsp3) is 0.400. The highest BCUT2D eigenvalue weighted by Crippen LogP contribution is 2.33. The van der Waals surface area contributed by atoms with E-state index in [-0.39, 0.29) is 23.3 Å². The SMILES string of the molecule is COc1cc(O)c2c(=O)oc(CC(O)C(Cl)(Cl)C(C)O)cc2c1. The van der Waals surface area contributed by atoms with Crippen molar-refractivity contribution in [1.29, 1.82) is 0 Å². The summed E-state index contributed by atoms with van der Waals surface area (Å²) in [5, 5.41) is 29.8. The Kier molecular flexibility index (Phi) is 5.10. The number of alkyl halides is 2. The normalized spacial score (nSPS) is 14.7. The third kappa shape index (κ3) is 3.55. The predicted octanol–water partition coefficient (Wildman–Crippen LogP) is 1.97. The van der Waals surface area contributed by atoms with Crippen LogP contribution in [0.25, 0.3) is 10.8 Å². The Morgan fingerprint density at radius 1 is 1.30 bits per heavy atom. The lowest BCUT2D eigenvalue weighted by Gasteiger charge is -2.27. The lowest BCUT2D eigenvalue weighted by atomic mass is 10.0. The van der Waals surface area contributed by atoms with E-state index in [1.54, 1.807) is 6.07 Å². The Hall–Kier alpha value is -1.47. The van der Waals surface area contributed by atoms with Gasteiger partial charge in [0.05, 0.1) is 19.3 Å². The number of methoxy groups -OCH3 is 1. The smallest absolute Gasteiger partial charge is 0.347 e. The number of rotatable bonds is 5. The summed E-state index contributed by atoms with van der Waals surface area (Å²) in [7, 11) is 1.43. The van der Waals surface area contributed by atoms with E-state index in [0.29, 0.717) is 11.1 Å². The third-order valence-corrected chi connectivity index (χ3v) is 4.63. The molecule has 23 heavy (non-hydrogen) atoms. The van der Waals surface area contributed by atoms with Gasteiger partial charge in [0.2, 0.25) is 0 Å². The summed E-state index contributed by atoms with van der Waals surface area (Å²) in [4.78, 5) is 12.0. The minimum atomic E-state index is -1.82. The molecule has 126 valence electrons. The van der Waals surface area contributed by atoms with Crippen molar-refractivity contribution in [3.8, 4) is 11.5 Å². The number of aromatic hydroxyl groups is 1. The maximum Gasteiger partial charge on any atom is 0.347 e. The second kappa shape index (κ2) is 6.57. The maximum absolute atomic E-state index is 12.0.